The number of rotatable bonds is 10. The molecular weight excluding hydrogens is 480 g/mol. The summed E-state index contributed by atoms with van der Waals surface area (Å²) >= 11 is 0. The minimum absolute atomic E-state index is 0.0435. The summed E-state index contributed by atoms with van der Waals surface area (Å²) in [4.78, 5) is 40.1. The van der Waals surface area contributed by atoms with Crippen molar-refractivity contribution in [3.05, 3.63) is 34.9 Å². The van der Waals surface area contributed by atoms with E-state index in [1.54, 1.807) is 23.1 Å². The van der Waals surface area contributed by atoms with Crippen LogP contribution >= 0.6 is 0 Å². The van der Waals surface area contributed by atoms with Crippen LogP contribution in [-0.4, -0.2) is 91.0 Å². The summed E-state index contributed by atoms with van der Waals surface area (Å²) in [7, 11) is 1.46. The Bertz CT molecular complexity index is 1040. The van der Waals surface area contributed by atoms with Crippen molar-refractivity contribution in [1.29, 1.82) is 0 Å². The average molecular weight is 517 g/mol. The fourth-order valence-corrected chi connectivity index (χ4v) is 5.77. The maximum absolute atomic E-state index is 13.4. The van der Waals surface area contributed by atoms with Crippen LogP contribution in [-0.2, 0) is 14.3 Å². The number of carbonyl (C=O) groups excluding carboxylic acids is 3. The number of aliphatic hydroxyl groups is 2. The fraction of sp³-hybridized carbons (Fsp3) is 0.593. The Morgan fingerprint density at radius 1 is 1.24 bits per heavy atom. The molecule has 10 heteroatoms. The molecule has 0 saturated heterocycles. The van der Waals surface area contributed by atoms with Gasteiger partial charge in [-0.1, -0.05) is 19.3 Å². The number of ether oxygens (including phenoxy) is 3. The summed E-state index contributed by atoms with van der Waals surface area (Å²) in [6.07, 6.45) is 4.92. The minimum atomic E-state index is -1.15. The van der Waals surface area contributed by atoms with Gasteiger partial charge in [0.05, 0.1) is 25.7 Å². The first-order chi connectivity index (χ1) is 17.9. The van der Waals surface area contributed by atoms with Crippen molar-refractivity contribution < 1.29 is 38.8 Å². The molecule has 2 amide bonds. The van der Waals surface area contributed by atoms with Crippen molar-refractivity contribution in [2.75, 3.05) is 33.5 Å². The summed E-state index contributed by atoms with van der Waals surface area (Å²) < 4.78 is 17.1. The van der Waals surface area contributed by atoms with Gasteiger partial charge < -0.3 is 34.6 Å². The molecule has 202 valence electrons. The molecule has 0 bridgehead atoms. The van der Waals surface area contributed by atoms with E-state index in [9.17, 15) is 24.6 Å². The van der Waals surface area contributed by atoms with Gasteiger partial charge in [-0.2, -0.15) is 0 Å². The monoisotopic (exact) mass is 516 g/mol. The zero-order chi connectivity index (χ0) is 26.5. The van der Waals surface area contributed by atoms with E-state index < -0.39 is 30.1 Å². The summed E-state index contributed by atoms with van der Waals surface area (Å²) in [6.45, 7) is 1.87. The van der Waals surface area contributed by atoms with Gasteiger partial charge in [-0.3, -0.25) is 14.4 Å². The van der Waals surface area contributed by atoms with Crippen molar-refractivity contribution in [3.8, 4) is 11.5 Å². The molecule has 37 heavy (non-hydrogen) atoms. The van der Waals surface area contributed by atoms with Crippen molar-refractivity contribution in [2.24, 2.45) is 0 Å². The van der Waals surface area contributed by atoms with Crippen LogP contribution in [0.4, 0.5) is 0 Å². The van der Waals surface area contributed by atoms with E-state index >= 15 is 0 Å². The fourth-order valence-electron chi connectivity index (χ4n) is 5.77. The van der Waals surface area contributed by atoms with Gasteiger partial charge in [0.1, 0.15) is 25.1 Å². The van der Waals surface area contributed by atoms with E-state index in [1.807, 2.05) is 6.92 Å². The molecule has 1 aromatic rings. The Morgan fingerprint density at radius 3 is 2.65 bits per heavy atom. The first-order valence-corrected chi connectivity index (χ1v) is 13.0. The third-order valence-electron chi connectivity index (χ3n) is 7.42. The normalized spacial score (nSPS) is 24.8. The molecule has 0 radical (unpaired) electrons. The molecule has 1 heterocycles. The molecule has 3 aliphatic rings. The zero-order valence-electron chi connectivity index (χ0n) is 21.4. The van der Waals surface area contributed by atoms with Crippen molar-refractivity contribution in [1.82, 2.24) is 10.2 Å². The van der Waals surface area contributed by atoms with Gasteiger partial charge in [0.15, 0.2) is 11.5 Å². The largest absolute Gasteiger partial charge is 0.493 e. The van der Waals surface area contributed by atoms with Gasteiger partial charge >= 0.3 is 0 Å². The van der Waals surface area contributed by atoms with Gasteiger partial charge in [0.25, 0.3) is 0 Å². The maximum Gasteiger partial charge on any atom is 0.249 e. The molecule has 2 aliphatic carbocycles. The van der Waals surface area contributed by atoms with E-state index in [-0.39, 0.29) is 31.7 Å². The van der Waals surface area contributed by atoms with Gasteiger partial charge in [0, 0.05) is 35.9 Å². The van der Waals surface area contributed by atoms with E-state index in [0.717, 1.165) is 32.1 Å². The van der Waals surface area contributed by atoms with E-state index in [2.05, 4.69) is 5.32 Å². The molecule has 0 spiro atoms. The van der Waals surface area contributed by atoms with Crippen LogP contribution in [0.25, 0.3) is 0 Å². The molecule has 0 aromatic heterocycles. The van der Waals surface area contributed by atoms with Crippen LogP contribution in [0.2, 0.25) is 0 Å². The highest BCUT2D eigenvalue weighted by Gasteiger charge is 2.52. The third kappa shape index (κ3) is 5.37. The molecule has 1 fully saturated rings. The van der Waals surface area contributed by atoms with Crippen LogP contribution in [0, 0.1) is 0 Å². The molecule has 10 nitrogen and oxygen atoms in total. The Kier molecular flexibility index (Phi) is 8.83. The number of nitrogens with one attached hydrogen (secondary N) is 1. The van der Waals surface area contributed by atoms with Gasteiger partial charge in [-0.15, -0.1) is 0 Å². The highest BCUT2D eigenvalue weighted by molar-refractivity contribution is 5.96. The van der Waals surface area contributed by atoms with Crippen molar-refractivity contribution in [2.45, 2.75) is 69.2 Å². The lowest BCUT2D eigenvalue weighted by atomic mass is 9.76. The second kappa shape index (κ2) is 12.1. The van der Waals surface area contributed by atoms with Crippen LogP contribution < -0.4 is 14.8 Å². The Hall–Kier alpha value is -2.95. The second-order valence-electron chi connectivity index (χ2n) is 9.63. The number of carbonyl (C=O) groups is 3. The summed E-state index contributed by atoms with van der Waals surface area (Å²) in [5, 5.41) is 23.6. The van der Waals surface area contributed by atoms with Crippen molar-refractivity contribution >= 4 is 18.1 Å². The summed E-state index contributed by atoms with van der Waals surface area (Å²) in [5.74, 6) is -0.699. The highest BCUT2D eigenvalue weighted by Crippen LogP contribution is 2.51. The molecular formula is C27H36N2O8. The number of benzene rings is 1. The van der Waals surface area contributed by atoms with Gasteiger partial charge in [-0.25, -0.2) is 0 Å². The molecule has 4 rings (SSSR count). The molecule has 1 aromatic carbocycles. The Labute approximate surface area is 216 Å². The third-order valence-corrected chi connectivity index (χ3v) is 7.42. The number of methoxy groups -OCH3 is 1. The van der Waals surface area contributed by atoms with E-state index in [0.29, 0.717) is 41.1 Å². The number of amides is 2. The summed E-state index contributed by atoms with van der Waals surface area (Å²) in [5.41, 5.74) is 1.21. The lowest BCUT2D eigenvalue weighted by molar-refractivity contribution is -0.146. The number of hydrogen-bond acceptors (Lipinski definition) is 8. The highest BCUT2D eigenvalue weighted by atomic mass is 16.5. The zero-order valence-corrected chi connectivity index (χ0v) is 21.4. The molecule has 4 atom stereocenters. The quantitative estimate of drug-likeness (QED) is 0.397. The molecule has 3 N–H and O–H groups in total. The molecule has 1 aliphatic heterocycles. The van der Waals surface area contributed by atoms with E-state index in [1.165, 1.54) is 7.11 Å². The van der Waals surface area contributed by atoms with Gasteiger partial charge in [-0.05, 0) is 38.0 Å². The number of fused-ring (bicyclic) bond motifs is 3. The number of hydrogen-bond donors (Lipinski definition) is 3. The molecule has 1 saturated carbocycles. The SMILES string of the molecule is CCOCC(=O)N(C1CCCCC1)[C@@H]1C=C(C(=O)NCCO)[C@@H]2c3cc(C=O)cc(OC)c3O[C@@H]2[C@H]1O. The van der Waals surface area contributed by atoms with Gasteiger partial charge in [0.2, 0.25) is 11.8 Å². The Morgan fingerprint density at radius 2 is 2.00 bits per heavy atom. The van der Waals surface area contributed by atoms with Crippen LogP contribution in [0.1, 0.15) is 60.9 Å². The number of aliphatic hydroxyl groups excluding tert-OH is 2. The standard InChI is InChI=1S/C27H36N2O8/c1-3-36-15-22(32)29(17-7-5-4-6-8-17)20-13-19(27(34)28-9-10-30)23-18-11-16(14-31)12-21(35-2)25(18)37-26(23)24(20)33/h11-14,17,20,23-24,26,30,33H,3-10,15H2,1-2H3,(H,28,34)/t20-,23+,24+,26+/m1/s1. The maximum atomic E-state index is 13.4. The first kappa shape index (κ1) is 27.1. The average Bonchev–Trinajstić information content (AvgIpc) is 3.32. The predicted octanol–water partition coefficient (Wildman–Crippen LogP) is 1.33. The number of nitrogens with zero attached hydrogens (tertiary/aromatic N) is 1. The lowest BCUT2D eigenvalue weighted by Gasteiger charge is -2.45. The minimum Gasteiger partial charge on any atom is -0.493 e. The van der Waals surface area contributed by atoms with Crippen LogP contribution in [0.15, 0.2) is 23.8 Å². The second-order valence-corrected chi connectivity index (χ2v) is 9.63. The van der Waals surface area contributed by atoms with Crippen molar-refractivity contribution in [3.63, 3.8) is 0 Å². The molecule has 0 unspecified atom stereocenters. The Balaban J connectivity index is 1.80. The van der Waals surface area contributed by atoms with Crippen LogP contribution in [0.5, 0.6) is 11.5 Å². The first-order valence-electron chi connectivity index (χ1n) is 13.0. The lowest BCUT2D eigenvalue weighted by Crippen LogP contribution is -2.59. The predicted molar refractivity (Wildman–Crippen MR) is 134 cm³/mol. The van der Waals surface area contributed by atoms with Crippen LogP contribution in [0.3, 0.4) is 0 Å². The number of aldehydes is 1. The smallest absolute Gasteiger partial charge is 0.249 e. The summed E-state index contributed by atoms with van der Waals surface area (Å²) in [6, 6.07) is 2.26. The topological polar surface area (TPSA) is 135 Å². The van der Waals surface area contributed by atoms with E-state index in [4.69, 9.17) is 14.2 Å².